The fourth-order valence-electron chi connectivity index (χ4n) is 4.03. The number of benzene rings is 2. The van der Waals surface area contributed by atoms with Gasteiger partial charge in [0.1, 0.15) is 0 Å². The number of hydrogen-bond acceptors (Lipinski definition) is 5. The number of carbonyl (C=O) groups excluding carboxylic acids is 1. The lowest BCUT2D eigenvalue weighted by atomic mass is 10.2. The van der Waals surface area contributed by atoms with Crippen LogP contribution in [0.3, 0.4) is 0 Å². The average Bonchev–Trinajstić information content (AvgIpc) is 2.80. The van der Waals surface area contributed by atoms with Crippen LogP contribution in [0.5, 0.6) is 0 Å². The van der Waals surface area contributed by atoms with Crippen LogP contribution in [0.25, 0.3) is 0 Å². The fraction of sp³-hybridized carbons (Fsp3) is 0.435. The Bertz CT molecular complexity index is 847. The van der Waals surface area contributed by atoms with Gasteiger partial charge in [0, 0.05) is 61.4 Å². The summed E-state index contributed by atoms with van der Waals surface area (Å²) in [5.74, 6) is 0.0327. The molecule has 1 N–H and O–H groups in total. The number of rotatable bonds is 5. The molecule has 2 aliphatic heterocycles. The molecule has 7 heteroatoms. The molecule has 2 aromatic carbocycles. The van der Waals surface area contributed by atoms with Crippen molar-refractivity contribution in [3.63, 3.8) is 0 Å². The number of halogens is 1. The van der Waals surface area contributed by atoms with Gasteiger partial charge in [-0.3, -0.25) is 9.69 Å². The molecule has 1 amide bonds. The highest BCUT2D eigenvalue weighted by molar-refractivity contribution is 6.30. The van der Waals surface area contributed by atoms with Gasteiger partial charge in [-0.2, -0.15) is 0 Å². The van der Waals surface area contributed by atoms with Gasteiger partial charge in [0.2, 0.25) is 5.91 Å². The topological polar surface area (TPSA) is 48.1 Å². The van der Waals surface area contributed by atoms with Gasteiger partial charge in [-0.05, 0) is 49.4 Å². The Morgan fingerprint density at radius 2 is 1.60 bits per heavy atom. The molecule has 160 valence electrons. The molecule has 30 heavy (non-hydrogen) atoms. The van der Waals surface area contributed by atoms with Crippen molar-refractivity contribution >= 4 is 34.6 Å². The normalized spacial score (nSPS) is 18.9. The van der Waals surface area contributed by atoms with Crippen LogP contribution < -0.4 is 15.1 Å². The summed E-state index contributed by atoms with van der Waals surface area (Å²) >= 11 is 6.12. The van der Waals surface area contributed by atoms with Crippen molar-refractivity contribution in [1.82, 2.24) is 4.90 Å². The fourth-order valence-corrected chi connectivity index (χ4v) is 4.21. The summed E-state index contributed by atoms with van der Waals surface area (Å²) in [6, 6.07) is 15.9. The van der Waals surface area contributed by atoms with E-state index in [2.05, 4.69) is 38.2 Å². The minimum absolute atomic E-state index is 0.0327. The van der Waals surface area contributed by atoms with Gasteiger partial charge < -0.3 is 19.9 Å². The van der Waals surface area contributed by atoms with Crippen molar-refractivity contribution in [2.45, 2.75) is 13.0 Å². The number of morpholine rings is 1. The molecule has 0 spiro atoms. The van der Waals surface area contributed by atoms with Crippen molar-refractivity contribution in [3.8, 4) is 0 Å². The van der Waals surface area contributed by atoms with Crippen LogP contribution in [0.15, 0.2) is 48.5 Å². The Morgan fingerprint density at radius 1 is 0.933 bits per heavy atom. The van der Waals surface area contributed by atoms with E-state index in [1.165, 1.54) is 5.69 Å². The molecule has 0 aromatic heterocycles. The lowest BCUT2D eigenvalue weighted by Crippen LogP contribution is -2.52. The van der Waals surface area contributed by atoms with Crippen LogP contribution in [0.2, 0.25) is 5.02 Å². The average molecular weight is 429 g/mol. The highest BCUT2D eigenvalue weighted by Crippen LogP contribution is 2.22. The maximum Gasteiger partial charge on any atom is 0.241 e. The van der Waals surface area contributed by atoms with Crippen molar-refractivity contribution in [1.29, 1.82) is 0 Å². The molecule has 2 saturated heterocycles. The first-order valence-electron chi connectivity index (χ1n) is 10.6. The van der Waals surface area contributed by atoms with E-state index < -0.39 is 0 Å². The molecule has 6 nitrogen and oxygen atoms in total. The number of nitrogens with one attached hydrogen (secondary N) is 1. The third kappa shape index (κ3) is 5.06. The largest absolute Gasteiger partial charge is 0.378 e. The third-order valence-electron chi connectivity index (χ3n) is 5.93. The number of amides is 1. The second-order valence-corrected chi connectivity index (χ2v) is 8.25. The number of ether oxygens (including phenoxy) is 1. The van der Waals surface area contributed by atoms with E-state index in [0.717, 1.165) is 68.9 Å². The van der Waals surface area contributed by atoms with Gasteiger partial charge in [-0.1, -0.05) is 17.7 Å². The summed E-state index contributed by atoms with van der Waals surface area (Å²) in [6.45, 7) is 8.77. The summed E-state index contributed by atoms with van der Waals surface area (Å²) in [7, 11) is 0. The number of nitrogens with zero attached hydrogens (tertiary/aromatic N) is 3. The number of carbonyl (C=O) groups is 1. The molecular formula is C23H29ClN4O2. The zero-order chi connectivity index (χ0) is 20.9. The lowest BCUT2D eigenvalue weighted by Gasteiger charge is -2.38. The quantitative estimate of drug-likeness (QED) is 0.791. The molecule has 0 unspecified atom stereocenters. The van der Waals surface area contributed by atoms with E-state index >= 15 is 0 Å². The summed E-state index contributed by atoms with van der Waals surface area (Å²) < 4.78 is 5.41. The molecule has 0 bridgehead atoms. The molecule has 0 saturated carbocycles. The van der Waals surface area contributed by atoms with Gasteiger partial charge in [0.25, 0.3) is 0 Å². The molecule has 2 aromatic rings. The highest BCUT2D eigenvalue weighted by atomic mass is 35.5. The number of hydrogen-bond donors (Lipinski definition) is 1. The Kier molecular flexibility index (Phi) is 6.77. The lowest BCUT2D eigenvalue weighted by molar-refractivity contribution is -0.120. The van der Waals surface area contributed by atoms with E-state index in [1.54, 1.807) is 0 Å². The molecular weight excluding hydrogens is 400 g/mol. The van der Waals surface area contributed by atoms with Gasteiger partial charge >= 0.3 is 0 Å². The van der Waals surface area contributed by atoms with Crippen LogP contribution in [-0.4, -0.2) is 69.3 Å². The molecule has 0 aliphatic carbocycles. The maximum atomic E-state index is 12.8. The van der Waals surface area contributed by atoms with Crippen molar-refractivity contribution in [2.75, 3.05) is 67.6 Å². The zero-order valence-electron chi connectivity index (χ0n) is 17.4. The van der Waals surface area contributed by atoms with E-state index in [0.29, 0.717) is 0 Å². The smallest absolute Gasteiger partial charge is 0.241 e. The van der Waals surface area contributed by atoms with E-state index in [9.17, 15) is 4.79 Å². The summed E-state index contributed by atoms with van der Waals surface area (Å²) in [4.78, 5) is 19.6. The second-order valence-electron chi connectivity index (χ2n) is 7.81. The van der Waals surface area contributed by atoms with E-state index in [1.807, 2.05) is 37.3 Å². The third-order valence-corrected chi connectivity index (χ3v) is 6.16. The van der Waals surface area contributed by atoms with Crippen LogP contribution in [-0.2, 0) is 9.53 Å². The summed E-state index contributed by atoms with van der Waals surface area (Å²) in [6.07, 6.45) is 0. The van der Waals surface area contributed by atoms with Crippen LogP contribution in [0, 0.1) is 0 Å². The molecule has 1 atom stereocenters. The standard InChI is InChI=1S/C23H29ClN4O2/c1-18(26-9-11-27(12-10-26)22-4-2-3-19(24)17-22)23(29)25-20-5-7-21(8-6-20)28-13-15-30-16-14-28/h2-8,17-18H,9-16H2,1H3,(H,25,29)/t18-/m1/s1. The monoisotopic (exact) mass is 428 g/mol. The molecule has 0 radical (unpaired) electrons. The van der Waals surface area contributed by atoms with Crippen molar-refractivity contribution in [2.24, 2.45) is 0 Å². The van der Waals surface area contributed by atoms with E-state index in [-0.39, 0.29) is 11.9 Å². The van der Waals surface area contributed by atoms with Crippen LogP contribution >= 0.6 is 11.6 Å². The SMILES string of the molecule is C[C@H](C(=O)Nc1ccc(N2CCOCC2)cc1)N1CCN(c2cccc(Cl)c2)CC1. The number of anilines is 3. The predicted molar refractivity (Wildman–Crippen MR) is 123 cm³/mol. The van der Waals surface area contributed by atoms with Crippen LogP contribution in [0.1, 0.15) is 6.92 Å². The minimum atomic E-state index is -0.176. The molecule has 2 fully saturated rings. The van der Waals surface area contributed by atoms with Gasteiger partial charge in [-0.25, -0.2) is 0 Å². The number of piperazine rings is 1. The first kappa shape index (κ1) is 21.0. The van der Waals surface area contributed by atoms with Gasteiger partial charge in [0.05, 0.1) is 19.3 Å². The van der Waals surface area contributed by atoms with Crippen molar-refractivity contribution < 1.29 is 9.53 Å². The van der Waals surface area contributed by atoms with Crippen molar-refractivity contribution in [3.05, 3.63) is 53.6 Å². The second kappa shape index (κ2) is 9.69. The first-order valence-corrected chi connectivity index (χ1v) is 11.0. The zero-order valence-corrected chi connectivity index (χ0v) is 18.1. The first-order chi connectivity index (χ1) is 14.6. The van der Waals surface area contributed by atoms with Crippen LogP contribution in [0.4, 0.5) is 17.1 Å². The Labute approximate surface area is 183 Å². The van der Waals surface area contributed by atoms with E-state index in [4.69, 9.17) is 16.3 Å². The Balaban J connectivity index is 1.28. The maximum absolute atomic E-state index is 12.8. The molecule has 2 aliphatic rings. The van der Waals surface area contributed by atoms with Gasteiger partial charge in [-0.15, -0.1) is 0 Å². The van der Waals surface area contributed by atoms with Gasteiger partial charge in [0.15, 0.2) is 0 Å². The molecule has 4 rings (SSSR count). The summed E-state index contributed by atoms with van der Waals surface area (Å²) in [5.41, 5.74) is 3.14. The molecule has 2 heterocycles. The highest BCUT2D eigenvalue weighted by Gasteiger charge is 2.26. The Hall–Kier alpha value is -2.28. The summed E-state index contributed by atoms with van der Waals surface area (Å²) in [5, 5.41) is 3.82. The Morgan fingerprint density at radius 3 is 2.27 bits per heavy atom. The predicted octanol–water partition coefficient (Wildman–Crippen LogP) is 3.33. The minimum Gasteiger partial charge on any atom is -0.378 e.